The van der Waals surface area contributed by atoms with E-state index in [4.69, 9.17) is 0 Å². The lowest BCUT2D eigenvalue weighted by Crippen LogP contribution is -2.53. The van der Waals surface area contributed by atoms with Crippen LogP contribution in [0.15, 0.2) is 22.7 Å². The summed E-state index contributed by atoms with van der Waals surface area (Å²) >= 11 is 3.28. The predicted molar refractivity (Wildman–Crippen MR) is 93.0 cm³/mol. The SMILES string of the molecule is CCC(=O)N1CCN(C(=O)CN2C(=O)c3ccc(Br)cc3C2=O)CC1. The highest BCUT2D eigenvalue weighted by Gasteiger charge is 2.37. The van der Waals surface area contributed by atoms with Gasteiger partial charge in [0.1, 0.15) is 6.54 Å². The number of imide groups is 1. The zero-order valence-electron chi connectivity index (χ0n) is 13.8. The van der Waals surface area contributed by atoms with Gasteiger partial charge in [0.15, 0.2) is 0 Å². The van der Waals surface area contributed by atoms with Gasteiger partial charge in [0.2, 0.25) is 11.8 Å². The van der Waals surface area contributed by atoms with Crippen LogP contribution in [-0.2, 0) is 9.59 Å². The Morgan fingerprint density at radius 1 is 0.960 bits per heavy atom. The van der Waals surface area contributed by atoms with Crippen LogP contribution in [0.2, 0.25) is 0 Å². The van der Waals surface area contributed by atoms with Gasteiger partial charge in [-0.2, -0.15) is 0 Å². The van der Waals surface area contributed by atoms with Crippen molar-refractivity contribution in [2.24, 2.45) is 0 Å². The molecule has 8 heteroatoms. The number of carbonyl (C=O) groups excluding carboxylic acids is 4. The van der Waals surface area contributed by atoms with Crippen molar-refractivity contribution in [2.75, 3.05) is 32.7 Å². The van der Waals surface area contributed by atoms with Crippen LogP contribution in [0.1, 0.15) is 34.1 Å². The van der Waals surface area contributed by atoms with Crippen molar-refractivity contribution in [1.29, 1.82) is 0 Å². The van der Waals surface area contributed by atoms with Gasteiger partial charge in [-0.1, -0.05) is 22.9 Å². The molecular formula is C17H18BrN3O4. The Bertz CT molecular complexity index is 756. The van der Waals surface area contributed by atoms with Gasteiger partial charge in [-0.25, -0.2) is 0 Å². The van der Waals surface area contributed by atoms with Crippen molar-refractivity contribution in [3.8, 4) is 0 Å². The molecule has 0 radical (unpaired) electrons. The van der Waals surface area contributed by atoms with E-state index in [1.165, 1.54) is 0 Å². The second-order valence-corrected chi connectivity index (χ2v) is 6.92. The van der Waals surface area contributed by atoms with Crippen LogP contribution >= 0.6 is 15.9 Å². The van der Waals surface area contributed by atoms with Gasteiger partial charge in [0.25, 0.3) is 11.8 Å². The summed E-state index contributed by atoms with van der Waals surface area (Å²) in [6.45, 7) is 3.33. The highest BCUT2D eigenvalue weighted by molar-refractivity contribution is 9.10. The zero-order chi connectivity index (χ0) is 18.1. The standard InChI is InChI=1S/C17H18BrN3O4/c1-2-14(22)19-5-7-20(8-6-19)15(23)10-21-16(24)12-4-3-11(18)9-13(12)17(21)25/h3-4,9H,2,5-8,10H2,1H3. The molecule has 0 bridgehead atoms. The number of benzene rings is 1. The lowest BCUT2D eigenvalue weighted by Gasteiger charge is -2.35. The third-order valence-electron chi connectivity index (χ3n) is 4.51. The van der Waals surface area contributed by atoms with E-state index in [0.717, 1.165) is 4.90 Å². The van der Waals surface area contributed by atoms with E-state index in [2.05, 4.69) is 15.9 Å². The summed E-state index contributed by atoms with van der Waals surface area (Å²) in [6, 6.07) is 4.87. The van der Waals surface area contributed by atoms with Crippen molar-refractivity contribution in [3.63, 3.8) is 0 Å². The molecule has 7 nitrogen and oxygen atoms in total. The lowest BCUT2D eigenvalue weighted by atomic mass is 10.1. The van der Waals surface area contributed by atoms with Gasteiger partial charge in [0, 0.05) is 37.1 Å². The Morgan fingerprint density at radius 2 is 1.52 bits per heavy atom. The minimum Gasteiger partial charge on any atom is -0.339 e. The van der Waals surface area contributed by atoms with Crippen LogP contribution in [0.3, 0.4) is 0 Å². The van der Waals surface area contributed by atoms with E-state index >= 15 is 0 Å². The van der Waals surface area contributed by atoms with Crippen LogP contribution in [0.4, 0.5) is 0 Å². The maximum atomic E-state index is 12.5. The summed E-state index contributed by atoms with van der Waals surface area (Å²) < 4.78 is 0.706. The van der Waals surface area contributed by atoms with Crippen molar-refractivity contribution < 1.29 is 19.2 Å². The molecule has 0 unspecified atom stereocenters. The van der Waals surface area contributed by atoms with E-state index in [0.29, 0.717) is 48.2 Å². The van der Waals surface area contributed by atoms with Gasteiger partial charge in [0.05, 0.1) is 11.1 Å². The second kappa shape index (κ2) is 6.95. The fraction of sp³-hybridized carbons (Fsp3) is 0.412. The fourth-order valence-corrected chi connectivity index (χ4v) is 3.43. The average molecular weight is 408 g/mol. The molecule has 0 aliphatic carbocycles. The van der Waals surface area contributed by atoms with Crippen LogP contribution in [0.5, 0.6) is 0 Å². The monoisotopic (exact) mass is 407 g/mol. The Morgan fingerprint density at radius 3 is 2.12 bits per heavy atom. The second-order valence-electron chi connectivity index (χ2n) is 6.00. The van der Waals surface area contributed by atoms with Gasteiger partial charge in [-0.05, 0) is 18.2 Å². The van der Waals surface area contributed by atoms with E-state index in [-0.39, 0.29) is 18.4 Å². The lowest BCUT2D eigenvalue weighted by molar-refractivity contribution is -0.139. The first kappa shape index (κ1) is 17.6. The summed E-state index contributed by atoms with van der Waals surface area (Å²) in [5.74, 6) is -1.11. The molecule has 0 atom stereocenters. The van der Waals surface area contributed by atoms with E-state index in [1.807, 2.05) is 0 Å². The molecular weight excluding hydrogens is 390 g/mol. The molecule has 0 spiro atoms. The Kier molecular flexibility index (Phi) is 4.89. The zero-order valence-corrected chi connectivity index (χ0v) is 15.4. The maximum Gasteiger partial charge on any atom is 0.262 e. The molecule has 1 fully saturated rings. The molecule has 1 aromatic carbocycles. The normalized spacial score (nSPS) is 17.1. The first-order chi connectivity index (χ1) is 11.9. The number of fused-ring (bicyclic) bond motifs is 1. The average Bonchev–Trinajstić information content (AvgIpc) is 2.85. The summed E-state index contributed by atoms with van der Waals surface area (Å²) in [6.07, 6.45) is 0.443. The molecule has 0 N–H and O–H groups in total. The number of hydrogen-bond acceptors (Lipinski definition) is 4. The van der Waals surface area contributed by atoms with Gasteiger partial charge >= 0.3 is 0 Å². The molecule has 2 heterocycles. The van der Waals surface area contributed by atoms with Crippen LogP contribution < -0.4 is 0 Å². The van der Waals surface area contributed by atoms with E-state index < -0.39 is 11.8 Å². The molecule has 1 saturated heterocycles. The summed E-state index contributed by atoms with van der Waals surface area (Å²) in [7, 11) is 0. The van der Waals surface area contributed by atoms with Crippen molar-refractivity contribution in [1.82, 2.24) is 14.7 Å². The smallest absolute Gasteiger partial charge is 0.262 e. The fourth-order valence-electron chi connectivity index (χ4n) is 3.07. The van der Waals surface area contributed by atoms with Crippen LogP contribution in [0, 0.1) is 0 Å². The molecule has 1 aromatic rings. The van der Waals surface area contributed by atoms with Crippen LogP contribution in [-0.4, -0.2) is 71.1 Å². The summed E-state index contributed by atoms with van der Waals surface area (Å²) in [5.41, 5.74) is 0.630. The molecule has 3 rings (SSSR count). The molecule has 4 amide bonds. The first-order valence-electron chi connectivity index (χ1n) is 8.13. The highest BCUT2D eigenvalue weighted by atomic mass is 79.9. The number of halogens is 1. The van der Waals surface area contributed by atoms with Gasteiger partial charge in [-0.3, -0.25) is 24.1 Å². The van der Waals surface area contributed by atoms with Crippen LogP contribution in [0.25, 0.3) is 0 Å². The molecule has 0 saturated carbocycles. The molecule has 0 aromatic heterocycles. The largest absolute Gasteiger partial charge is 0.339 e. The number of amides is 4. The maximum absolute atomic E-state index is 12.5. The first-order valence-corrected chi connectivity index (χ1v) is 8.93. The summed E-state index contributed by atoms with van der Waals surface area (Å²) in [4.78, 5) is 53.3. The third-order valence-corrected chi connectivity index (χ3v) is 5.01. The Balaban J connectivity index is 1.64. The molecule has 132 valence electrons. The number of hydrogen-bond donors (Lipinski definition) is 0. The van der Waals surface area contributed by atoms with Gasteiger partial charge < -0.3 is 9.80 Å². The molecule has 2 aliphatic rings. The summed E-state index contributed by atoms with van der Waals surface area (Å²) in [5, 5.41) is 0. The minimum absolute atomic E-state index is 0.0676. The topological polar surface area (TPSA) is 78.0 Å². The highest BCUT2D eigenvalue weighted by Crippen LogP contribution is 2.26. The quantitative estimate of drug-likeness (QED) is 0.703. The number of piperazine rings is 1. The number of carbonyl (C=O) groups is 4. The molecule has 25 heavy (non-hydrogen) atoms. The Labute approximate surface area is 153 Å². The van der Waals surface area contributed by atoms with Crippen molar-refractivity contribution >= 4 is 39.6 Å². The third kappa shape index (κ3) is 3.30. The number of nitrogens with zero attached hydrogens (tertiary/aromatic N) is 3. The van der Waals surface area contributed by atoms with Gasteiger partial charge in [-0.15, -0.1) is 0 Å². The van der Waals surface area contributed by atoms with E-state index in [9.17, 15) is 19.2 Å². The van der Waals surface area contributed by atoms with E-state index in [1.54, 1.807) is 34.9 Å². The van der Waals surface area contributed by atoms with Crippen molar-refractivity contribution in [3.05, 3.63) is 33.8 Å². The minimum atomic E-state index is -0.450. The molecule has 2 aliphatic heterocycles. The predicted octanol–water partition coefficient (Wildman–Crippen LogP) is 1.13. The number of rotatable bonds is 3. The van der Waals surface area contributed by atoms with Crippen molar-refractivity contribution in [2.45, 2.75) is 13.3 Å². The Hall–Kier alpha value is -2.22.